The number of carbonyl (C=O) groups excluding carboxylic acids is 1. The highest BCUT2D eigenvalue weighted by Gasteiger charge is 2.18. The molecule has 0 aromatic heterocycles. The maximum absolute atomic E-state index is 12.1. The smallest absolute Gasteiger partial charge is 0.225 e. The zero-order valence-corrected chi connectivity index (χ0v) is 15.5. The summed E-state index contributed by atoms with van der Waals surface area (Å²) in [6.45, 7) is 1.69. The third kappa shape index (κ3) is 5.29. The Bertz CT molecular complexity index is 713. The summed E-state index contributed by atoms with van der Waals surface area (Å²) in [5.41, 5.74) is 0.745. The number of amides is 1. The second-order valence-corrected chi connectivity index (χ2v) is 6.42. The SMILES string of the molecule is CNCCC(=O)Nc1cc2c(cc1Sc1ccccc1)OCCO2.Cl. The number of hydrogen-bond donors (Lipinski definition) is 2. The van der Waals surface area contributed by atoms with Crippen molar-refractivity contribution in [3.8, 4) is 11.5 Å². The molecule has 0 unspecified atom stereocenters. The number of anilines is 1. The van der Waals surface area contributed by atoms with Crippen LogP contribution in [0.3, 0.4) is 0 Å². The van der Waals surface area contributed by atoms with E-state index in [0.29, 0.717) is 37.7 Å². The normalized spacial score (nSPS) is 12.2. The molecule has 2 N–H and O–H groups in total. The number of benzene rings is 2. The molecule has 0 aliphatic carbocycles. The summed E-state index contributed by atoms with van der Waals surface area (Å²) >= 11 is 1.59. The van der Waals surface area contributed by atoms with Crippen LogP contribution in [-0.4, -0.2) is 32.7 Å². The lowest BCUT2D eigenvalue weighted by atomic mass is 10.2. The van der Waals surface area contributed by atoms with Crippen LogP contribution in [0.15, 0.2) is 52.3 Å². The second kappa shape index (κ2) is 9.56. The van der Waals surface area contributed by atoms with Crippen LogP contribution in [0.1, 0.15) is 6.42 Å². The van der Waals surface area contributed by atoms with E-state index in [0.717, 1.165) is 15.5 Å². The number of fused-ring (bicyclic) bond motifs is 1. The first-order valence-corrected chi connectivity index (χ1v) is 8.69. The molecule has 1 aliphatic heterocycles. The molecule has 0 radical (unpaired) electrons. The third-order valence-corrected chi connectivity index (χ3v) is 4.56. The highest BCUT2D eigenvalue weighted by Crippen LogP contribution is 2.42. The number of halogens is 1. The molecule has 5 nitrogen and oxygen atoms in total. The van der Waals surface area contributed by atoms with Crippen molar-refractivity contribution < 1.29 is 14.3 Å². The van der Waals surface area contributed by atoms with Crippen LogP contribution in [0.5, 0.6) is 11.5 Å². The quantitative estimate of drug-likeness (QED) is 0.802. The van der Waals surface area contributed by atoms with E-state index in [1.165, 1.54) is 0 Å². The van der Waals surface area contributed by atoms with Gasteiger partial charge in [0, 0.05) is 34.9 Å². The maximum Gasteiger partial charge on any atom is 0.225 e. The topological polar surface area (TPSA) is 59.6 Å². The summed E-state index contributed by atoms with van der Waals surface area (Å²) in [7, 11) is 1.83. The van der Waals surface area contributed by atoms with Gasteiger partial charge in [-0.1, -0.05) is 30.0 Å². The van der Waals surface area contributed by atoms with Crippen molar-refractivity contribution in [3.05, 3.63) is 42.5 Å². The van der Waals surface area contributed by atoms with Crippen LogP contribution in [0.4, 0.5) is 5.69 Å². The molecule has 7 heteroatoms. The molecule has 1 amide bonds. The predicted molar refractivity (Wildman–Crippen MR) is 102 cm³/mol. The highest BCUT2D eigenvalue weighted by molar-refractivity contribution is 7.99. The highest BCUT2D eigenvalue weighted by atomic mass is 35.5. The number of hydrogen-bond acceptors (Lipinski definition) is 5. The molecular formula is C18H21ClN2O3S. The molecule has 25 heavy (non-hydrogen) atoms. The van der Waals surface area contributed by atoms with Crippen molar-refractivity contribution in [2.24, 2.45) is 0 Å². The van der Waals surface area contributed by atoms with Gasteiger partial charge in [-0.15, -0.1) is 12.4 Å². The fourth-order valence-corrected chi connectivity index (χ4v) is 3.25. The molecule has 0 saturated heterocycles. The lowest BCUT2D eigenvalue weighted by Crippen LogP contribution is -2.20. The van der Waals surface area contributed by atoms with Gasteiger partial charge >= 0.3 is 0 Å². The predicted octanol–water partition coefficient (Wildman–Crippen LogP) is 3.58. The zero-order chi connectivity index (χ0) is 16.8. The molecule has 1 heterocycles. The Balaban J connectivity index is 0.00000225. The molecule has 0 fully saturated rings. The van der Waals surface area contributed by atoms with Gasteiger partial charge in [-0.05, 0) is 19.2 Å². The Morgan fingerprint density at radius 3 is 2.48 bits per heavy atom. The number of ether oxygens (including phenoxy) is 2. The first-order chi connectivity index (χ1) is 11.8. The van der Waals surface area contributed by atoms with Crippen LogP contribution >= 0.6 is 24.2 Å². The van der Waals surface area contributed by atoms with E-state index in [4.69, 9.17) is 9.47 Å². The van der Waals surface area contributed by atoms with Gasteiger partial charge in [0.15, 0.2) is 11.5 Å². The van der Waals surface area contributed by atoms with Gasteiger partial charge < -0.3 is 20.1 Å². The summed E-state index contributed by atoms with van der Waals surface area (Å²) < 4.78 is 11.3. The van der Waals surface area contributed by atoms with Gasteiger partial charge in [-0.2, -0.15) is 0 Å². The number of rotatable bonds is 6. The second-order valence-electron chi connectivity index (χ2n) is 5.31. The van der Waals surface area contributed by atoms with Gasteiger partial charge in [0.25, 0.3) is 0 Å². The van der Waals surface area contributed by atoms with Crippen LogP contribution < -0.4 is 20.1 Å². The van der Waals surface area contributed by atoms with Gasteiger partial charge in [0.1, 0.15) is 13.2 Å². The van der Waals surface area contributed by atoms with Gasteiger partial charge in [-0.25, -0.2) is 0 Å². The van der Waals surface area contributed by atoms with Crippen molar-refractivity contribution in [2.75, 3.05) is 32.1 Å². The van der Waals surface area contributed by atoms with E-state index in [9.17, 15) is 4.79 Å². The summed E-state index contributed by atoms with van der Waals surface area (Å²) in [4.78, 5) is 14.1. The van der Waals surface area contributed by atoms with Gasteiger partial charge in [0.05, 0.1) is 5.69 Å². The van der Waals surface area contributed by atoms with E-state index in [-0.39, 0.29) is 18.3 Å². The molecule has 0 bridgehead atoms. The minimum absolute atomic E-state index is 0. The summed E-state index contributed by atoms with van der Waals surface area (Å²) in [6.07, 6.45) is 0.417. The summed E-state index contributed by atoms with van der Waals surface area (Å²) in [5, 5.41) is 5.96. The lowest BCUT2D eigenvalue weighted by Gasteiger charge is -2.21. The molecule has 2 aromatic carbocycles. The maximum atomic E-state index is 12.1. The van der Waals surface area contributed by atoms with Crippen molar-refractivity contribution in [2.45, 2.75) is 16.2 Å². The van der Waals surface area contributed by atoms with E-state index in [1.807, 2.05) is 49.5 Å². The van der Waals surface area contributed by atoms with Crippen molar-refractivity contribution >= 4 is 35.8 Å². The minimum Gasteiger partial charge on any atom is -0.486 e. The molecular weight excluding hydrogens is 360 g/mol. The van der Waals surface area contributed by atoms with E-state index < -0.39 is 0 Å². The largest absolute Gasteiger partial charge is 0.486 e. The summed E-state index contributed by atoms with van der Waals surface area (Å²) in [5.74, 6) is 1.35. The number of carbonyl (C=O) groups is 1. The van der Waals surface area contributed by atoms with Gasteiger partial charge in [0.2, 0.25) is 5.91 Å². The Hall–Kier alpha value is -1.89. The molecule has 134 valence electrons. The van der Waals surface area contributed by atoms with Crippen LogP contribution in [0.2, 0.25) is 0 Å². The molecule has 0 spiro atoms. The Morgan fingerprint density at radius 1 is 1.12 bits per heavy atom. The first kappa shape index (κ1) is 19.4. The minimum atomic E-state index is -0.0315. The van der Waals surface area contributed by atoms with E-state index in [2.05, 4.69) is 10.6 Å². The number of nitrogens with one attached hydrogen (secondary N) is 2. The van der Waals surface area contributed by atoms with Crippen LogP contribution in [-0.2, 0) is 4.79 Å². The molecule has 1 aliphatic rings. The van der Waals surface area contributed by atoms with Crippen LogP contribution in [0.25, 0.3) is 0 Å². The Morgan fingerprint density at radius 2 is 1.80 bits per heavy atom. The van der Waals surface area contributed by atoms with Crippen molar-refractivity contribution in [1.29, 1.82) is 0 Å². The standard InChI is InChI=1S/C18H20N2O3S.ClH/c1-19-8-7-18(21)20-14-11-15-16(23-10-9-22-15)12-17(14)24-13-5-3-2-4-6-13;/h2-6,11-12,19H,7-10H2,1H3,(H,20,21);1H. The zero-order valence-electron chi connectivity index (χ0n) is 13.9. The summed E-state index contributed by atoms with van der Waals surface area (Å²) in [6, 6.07) is 13.8. The lowest BCUT2D eigenvalue weighted by molar-refractivity contribution is -0.116. The Labute approximate surface area is 157 Å². The Kier molecular flexibility index (Phi) is 7.43. The van der Waals surface area contributed by atoms with Crippen molar-refractivity contribution in [1.82, 2.24) is 5.32 Å². The molecule has 2 aromatic rings. The first-order valence-electron chi connectivity index (χ1n) is 7.87. The fourth-order valence-electron chi connectivity index (χ4n) is 2.32. The molecule has 3 rings (SSSR count). The van der Waals surface area contributed by atoms with Crippen LogP contribution in [0, 0.1) is 0 Å². The average Bonchev–Trinajstić information content (AvgIpc) is 2.61. The fraction of sp³-hybridized carbons (Fsp3) is 0.278. The van der Waals surface area contributed by atoms with Crippen molar-refractivity contribution in [3.63, 3.8) is 0 Å². The third-order valence-electron chi connectivity index (χ3n) is 3.49. The van der Waals surface area contributed by atoms with E-state index in [1.54, 1.807) is 11.8 Å². The molecule has 0 saturated carbocycles. The monoisotopic (exact) mass is 380 g/mol. The molecule has 0 atom stereocenters. The van der Waals surface area contributed by atoms with Gasteiger partial charge in [-0.3, -0.25) is 4.79 Å². The average molecular weight is 381 g/mol. The van der Waals surface area contributed by atoms with E-state index >= 15 is 0 Å².